The summed E-state index contributed by atoms with van der Waals surface area (Å²) in [7, 11) is 0. The average molecular weight is 263 g/mol. The monoisotopic (exact) mass is 263 g/mol. The van der Waals surface area contributed by atoms with Gasteiger partial charge in [-0.1, -0.05) is 30.3 Å². The van der Waals surface area contributed by atoms with Crippen molar-refractivity contribution >= 4 is 0 Å². The molecule has 0 aliphatic carbocycles. The Bertz CT molecular complexity index is 692. The summed E-state index contributed by atoms with van der Waals surface area (Å²) in [6, 6.07) is 19.7. The van der Waals surface area contributed by atoms with E-state index in [9.17, 15) is 10.2 Å². The number of hydrogen-bond donors (Lipinski definition) is 2. The average Bonchev–Trinajstić information content (AvgIpc) is 2.47. The van der Waals surface area contributed by atoms with Crippen molar-refractivity contribution in [3.8, 4) is 34.0 Å². The van der Waals surface area contributed by atoms with Crippen LogP contribution in [-0.2, 0) is 0 Å². The zero-order chi connectivity index (χ0) is 13.9. The molecule has 3 rings (SSSR count). The third kappa shape index (κ3) is 2.47. The zero-order valence-electron chi connectivity index (χ0n) is 10.7. The van der Waals surface area contributed by atoms with E-state index in [1.54, 1.807) is 36.4 Å². The van der Waals surface area contributed by atoms with Gasteiger partial charge >= 0.3 is 0 Å². The van der Waals surface area contributed by atoms with Crippen molar-refractivity contribution in [2.45, 2.75) is 0 Å². The minimum absolute atomic E-state index is 0.215. The van der Waals surface area contributed by atoms with Crippen molar-refractivity contribution in [2.75, 3.05) is 0 Å². The summed E-state index contributed by atoms with van der Waals surface area (Å²) in [4.78, 5) is 4.57. The van der Waals surface area contributed by atoms with E-state index >= 15 is 0 Å². The Morgan fingerprint density at radius 2 is 1.05 bits per heavy atom. The van der Waals surface area contributed by atoms with Crippen molar-refractivity contribution in [3.05, 3.63) is 66.7 Å². The Morgan fingerprint density at radius 3 is 1.50 bits per heavy atom. The molecular weight excluding hydrogens is 250 g/mol. The summed E-state index contributed by atoms with van der Waals surface area (Å²) in [6.45, 7) is 0. The number of pyridine rings is 1. The zero-order valence-corrected chi connectivity index (χ0v) is 10.7. The summed E-state index contributed by atoms with van der Waals surface area (Å²) < 4.78 is 0. The van der Waals surface area contributed by atoms with Crippen molar-refractivity contribution in [1.82, 2.24) is 4.98 Å². The third-order valence-corrected chi connectivity index (χ3v) is 3.03. The first kappa shape index (κ1) is 12.2. The summed E-state index contributed by atoms with van der Waals surface area (Å²) in [5.41, 5.74) is 3.27. The fourth-order valence-corrected chi connectivity index (χ4v) is 2.09. The molecule has 0 amide bonds. The Kier molecular flexibility index (Phi) is 3.09. The molecule has 1 aromatic heterocycles. The number of aromatic hydroxyl groups is 2. The Morgan fingerprint density at radius 1 is 0.600 bits per heavy atom. The van der Waals surface area contributed by atoms with Crippen molar-refractivity contribution in [1.29, 1.82) is 0 Å². The Hall–Kier alpha value is -2.81. The molecular formula is C17H13NO2. The molecule has 0 aliphatic heterocycles. The van der Waals surface area contributed by atoms with Gasteiger partial charge < -0.3 is 10.2 Å². The molecule has 1 heterocycles. The molecule has 3 aromatic rings. The van der Waals surface area contributed by atoms with Crippen molar-refractivity contribution < 1.29 is 10.2 Å². The lowest BCUT2D eigenvalue weighted by molar-refractivity contribution is 0.475. The van der Waals surface area contributed by atoms with Gasteiger partial charge in [0.15, 0.2) is 0 Å². The highest BCUT2D eigenvalue weighted by molar-refractivity contribution is 5.67. The van der Waals surface area contributed by atoms with Crippen LogP contribution in [-0.4, -0.2) is 15.2 Å². The third-order valence-electron chi connectivity index (χ3n) is 3.03. The lowest BCUT2D eigenvalue weighted by Gasteiger charge is -2.06. The van der Waals surface area contributed by atoms with Gasteiger partial charge in [0.05, 0.1) is 11.4 Å². The van der Waals surface area contributed by atoms with E-state index in [2.05, 4.69) is 4.98 Å². The number of hydrogen-bond acceptors (Lipinski definition) is 3. The number of phenols is 2. The molecule has 0 aliphatic rings. The molecule has 0 bridgehead atoms. The van der Waals surface area contributed by atoms with E-state index in [0.717, 1.165) is 22.5 Å². The van der Waals surface area contributed by atoms with Gasteiger partial charge in [-0.25, -0.2) is 4.98 Å². The maximum Gasteiger partial charge on any atom is 0.116 e. The number of phenolic OH excluding ortho intramolecular Hbond substituents is 2. The van der Waals surface area contributed by atoms with Crippen LogP contribution in [0.3, 0.4) is 0 Å². The van der Waals surface area contributed by atoms with Crippen LogP contribution in [0.2, 0.25) is 0 Å². The summed E-state index contributed by atoms with van der Waals surface area (Å²) in [5, 5.41) is 19.1. The SMILES string of the molecule is Oc1cccc(-c2cccc(-c3cccc(O)c3)n2)c1. The fraction of sp³-hybridized carbons (Fsp3) is 0. The normalized spacial score (nSPS) is 10.4. The topological polar surface area (TPSA) is 53.4 Å². The molecule has 0 saturated carbocycles. The van der Waals surface area contributed by atoms with Gasteiger partial charge in [-0.15, -0.1) is 0 Å². The highest BCUT2D eigenvalue weighted by Gasteiger charge is 2.04. The van der Waals surface area contributed by atoms with E-state index < -0.39 is 0 Å². The number of rotatable bonds is 2. The van der Waals surface area contributed by atoms with Crippen LogP contribution >= 0.6 is 0 Å². The molecule has 3 nitrogen and oxygen atoms in total. The largest absolute Gasteiger partial charge is 0.508 e. The summed E-state index contributed by atoms with van der Waals surface area (Å²) in [5.74, 6) is 0.430. The van der Waals surface area contributed by atoms with E-state index in [-0.39, 0.29) is 11.5 Å². The summed E-state index contributed by atoms with van der Waals surface area (Å²) in [6.07, 6.45) is 0. The Labute approximate surface area is 116 Å². The van der Waals surface area contributed by atoms with Gasteiger partial charge in [-0.3, -0.25) is 0 Å². The van der Waals surface area contributed by atoms with Crippen LogP contribution in [0.4, 0.5) is 0 Å². The predicted molar refractivity (Wildman–Crippen MR) is 78.4 cm³/mol. The molecule has 0 radical (unpaired) electrons. The lowest BCUT2D eigenvalue weighted by Crippen LogP contribution is -1.87. The quantitative estimate of drug-likeness (QED) is 0.738. The second kappa shape index (κ2) is 5.05. The van der Waals surface area contributed by atoms with Gasteiger partial charge in [0.2, 0.25) is 0 Å². The second-order valence-corrected chi connectivity index (χ2v) is 4.51. The molecule has 98 valence electrons. The second-order valence-electron chi connectivity index (χ2n) is 4.51. The Balaban J connectivity index is 2.06. The highest BCUT2D eigenvalue weighted by atomic mass is 16.3. The van der Waals surface area contributed by atoms with E-state index in [4.69, 9.17) is 0 Å². The van der Waals surface area contributed by atoms with Crippen LogP contribution in [0.1, 0.15) is 0 Å². The van der Waals surface area contributed by atoms with Gasteiger partial charge in [-0.2, -0.15) is 0 Å². The van der Waals surface area contributed by atoms with E-state index in [1.165, 1.54) is 0 Å². The number of aromatic nitrogens is 1. The smallest absolute Gasteiger partial charge is 0.116 e. The molecule has 20 heavy (non-hydrogen) atoms. The van der Waals surface area contributed by atoms with Crippen LogP contribution in [0.5, 0.6) is 11.5 Å². The number of nitrogens with zero attached hydrogens (tertiary/aromatic N) is 1. The molecule has 0 unspecified atom stereocenters. The van der Waals surface area contributed by atoms with Crippen LogP contribution in [0.15, 0.2) is 66.7 Å². The molecule has 0 spiro atoms. The van der Waals surface area contributed by atoms with Crippen molar-refractivity contribution in [3.63, 3.8) is 0 Å². The molecule has 3 heteroatoms. The predicted octanol–water partition coefficient (Wildman–Crippen LogP) is 3.83. The summed E-state index contributed by atoms with van der Waals surface area (Å²) >= 11 is 0. The van der Waals surface area contributed by atoms with E-state index in [0.29, 0.717) is 0 Å². The van der Waals surface area contributed by atoms with Crippen molar-refractivity contribution in [2.24, 2.45) is 0 Å². The first-order valence-electron chi connectivity index (χ1n) is 6.28. The van der Waals surface area contributed by atoms with Crippen LogP contribution < -0.4 is 0 Å². The molecule has 0 fully saturated rings. The minimum Gasteiger partial charge on any atom is -0.508 e. The molecule has 0 atom stereocenters. The lowest BCUT2D eigenvalue weighted by atomic mass is 10.1. The van der Waals surface area contributed by atoms with Crippen LogP contribution in [0.25, 0.3) is 22.5 Å². The van der Waals surface area contributed by atoms with Crippen LogP contribution in [0, 0.1) is 0 Å². The number of benzene rings is 2. The molecule has 2 N–H and O–H groups in total. The highest BCUT2D eigenvalue weighted by Crippen LogP contribution is 2.26. The maximum absolute atomic E-state index is 9.54. The first-order chi connectivity index (χ1) is 9.72. The van der Waals surface area contributed by atoms with Gasteiger partial charge in [0, 0.05) is 11.1 Å². The maximum atomic E-state index is 9.54. The molecule has 2 aromatic carbocycles. The first-order valence-corrected chi connectivity index (χ1v) is 6.28. The standard InChI is InChI=1S/C17H13NO2/c19-14-6-1-4-12(10-14)16-8-3-9-17(18-16)13-5-2-7-15(20)11-13/h1-11,19-20H. The minimum atomic E-state index is 0.215. The fourth-order valence-electron chi connectivity index (χ4n) is 2.09. The van der Waals surface area contributed by atoms with Gasteiger partial charge in [0.25, 0.3) is 0 Å². The van der Waals surface area contributed by atoms with Gasteiger partial charge in [0.1, 0.15) is 11.5 Å². The van der Waals surface area contributed by atoms with Gasteiger partial charge in [-0.05, 0) is 36.4 Å². The molecule has 0 saturated heterocycles. The van der Waals surface area contributed by atoms with E-state index in [1.807, 2.05) is 30.3 Å².